The molecule has 0 bridgehead atoms. The highest BCUT2D eigenvalue weighted by molar-refractivity contribution is 6.09. The van der Waals surface area contributed by atoms with Crippen LogP contribution in [0.5, 0.6) is 11.5 Å². The van der Waals surface area contributed by atoms with Crippen LogP contribution in [0.25, 0.3) is 72.1 Å². The van der Waals surface area contributed by atoms with Gasteiger partial charge in [0.2, 0.25) is 0 Å². The molecule has 0 saturated heterocycles. The predicted octanol–water partition coefficient (Wildman–Crippen LogP) is 23.4. The van der Waals surface area contributed by atoms with Crippen LogP contribution in [0.2, 0.25) is 0 Å². The van der Waals surface area contributed by atoms with E-state index in [4.69, 9.17) is 9.72 Å². The molecule has 0 radical (unpaired) electrons. The lowest BCUT2D eigenvalue weighted by molar-refractivity contribution is 0.483. The van der Waals surface area contributed by atoms with E-state index in [9.17, 15) is 0 Å². The molecule has 8 heteroatoms. The smallest absolute Gasteiger partial charge is 0.137 e. The van der Waals surface area contributed by atoms with Gasteiger partial charge in [-0.1, -0.05) is 188 Å². The molecule has 0 spiro atoms. The van der Waals surface area contributed by atoms with Crippen LogP contribution in [-0.2, 0) is 10.8 Å². The monoisotopic (exact) mass is 1170 g/mol. The summed E-state index contributed by atoms with van der Waals surface area (Å²) in [5.74, 6) is -0.116. The lowest BCUT2D eigenvalue weighted by Gasteiger charge is -2.31. The molecule has 88 heavy (non-hydrogen) atoms. The molecular weight excluding hydrogens is 1090 g/mol. The summed E-state index contributed by atoms with van der Waals surface area (Å²) in [7, 11) is 0. The van der Waals surface area contributed by atoms with E-state index in [0.29, 0.717) is 22.7 Å². The summed E-state index contributed by atoms with van der Waals surface area (Å²) in [5.41, 5.74) is 17.8. The number of para-hydroxylation sites is 3. The maximum atomic E-state index is 16.9. The van der Waals surface area contributed by atoms with Crippen LogP contribution >= 0.6 is 0 Å². The van der Waals surface area contributed by atoms with Crippen LogP contribution in [-0.4, -0.2) is 16.2 Å². The van der Waals surface area contributed by atoms with E-state index in [2.05, 4.69) is 263 Å². The van der Waals surface area contributed by atoms with E-state index in [-0.39, 0.29) is 41.3 Å². The average molecular weight is 1170 g/mol. The molecule has 1 aliphatic rings. The largest absolute Gasteiger partial charge is 0.457 e. The normalized spacial score (nSPS) is 12.9. The topological polar surface area (TPSA) is 33.5 Å². The second-order valence-electron chi connectivity index (χ2n) is 27.3. The van der Waals surface area contributed by atoms with Crippen molar-refractivity contribution in [3.8, 4) is 61.8 Å². The molecule has 5 nitrogen and oxygen atoms in total. The van der Waals surface area contributed by atoms with Crippen molar-refractivity contribution < 1.29 is 17.9 Å². The molecule has 9 aromatic carbocycles. The Kier molecular flexibility index (Phi) is 15.5. The van der Waals surface area contributed by atoms with Gasteiger partial charge < -0.3 is 14.5 Å². The number of rotatable bonds is 13. The fourth-order valence-corrected chi connectivity index (χ4v) is 12.8. The Morgan fingerprint density at radius 3 is 1.66 bits per heavy atom. The van der Waals surface area contributed by atoms with Crippen molar-refractivity contribution in [1.29, 1.82) is 0 Å². The van der Waals surface area contributed by atoms with Gasteiger partial charge in [-0.05, 0) is 162 Å². The molecule has 0 fully saturated rings. The molecule has 0 aliphatic carbocycles. The van der Waals surface area contributed by atoms with Crippen LogP contribution in [0.1, 0.15) is 154 Å². The summed E-state index contributed by atoms with van der Waals surface area (Å²) in [6.45, 7) is 31.1. The fraction of sp³-hybridized carbons (Fsp3) is 0.263. The second kappa shape index (κ2) is 23.0. The number of hydrogen-bond donors (Lipinski definition) is 0. The fourth-order valence-electron chi connectivity index (χ4n) is 12.8. The van der Waals surface area contributed by atoms with Crippen molar-refractivity contribution in [3.05, 3.63) is 239 Å². The average Bonchev–Trinajstić information content (AvgIpc) is 1.46. The molecule has 11 aromatic rings. The number of hydrogen-bond acceptors (Lipinski definition) is 4. The third kappa shape index (κ3) is 11.2. The van der Waals surface area contributed by atoms with Crippen LogP contribution in [0, 0.1) is 17.5 Å². The van der Waals surface area contributed by atoms with Crippen molar-refractivity contribution >= 4 is 44.6 Å². The standard InChI is InChI=1S/C80H79F3N4O/c1-47(2)52-32-53(48(3)4)34-55(33-52)67-39-58(80(12,13)14)40-68(77-69(82)42-59(81)43-70(77)83)78(67)86-46-85(72-26-20-21-27-73(72)86)60-35-56(76-65(49(5)6)37-54(38-66(76)50(7)8)51-22-16-15-17-23-51)36-62(44-60)88-61-28-29-64-63-24-18-19-25-71(63)87(74(64)45-61)75-41-57(30-31-84-75)79(9,10)11/h15-45,47-50H,46H2,1-14H3. The SMILES string of the molecule is CC(C)c1cc(-c2cc(C(C)(C)C)cc(-c3c(F)cc(F)cc3F)c2N2CN(c3cc(Oc4ccc5c6ccccc6n(-c6cc(C(C)(C)C)ccn6)c5c4)cc(-c4c(C(C)C)cc(-c5ccccc5)cc4C(C)C)c3)c3ccccc32)cc(C(C)C)c1. The first kappa shape index (κ1) is 59.5. The van der Waals surface area contributed by atoms with Crippen LogP contribution in [0.15, 0.2) is 188 Å². The van der Waals surface area contributed by atoms with Gasteiger partial charge in [0.25, 0.3) is 0 Å². The quantitative estimate of drug-likeness (QED) is 0.115. The van der Waals surface area contributed by atoms with Crippen LogP contribution < -0.4 is 14.5 Å². The summed E-state index contributed by atoms with van der Waals surface area (Å²) >= 11 is 0. The number of halogens is 3. The molecule has 446 valence electrons. The molecule has 0 saturated carbocycles. The van der Waals surface area contributed by atoms with Crippen molar-refractivity contribution in [2.75, 3.05) is 16.5 Å². The minimum absolute atomic E-state index is 0.0933. The zero-order valence-electron chi connectivity index (χ0n) is 53.2. The van der Waals surface area contributed by atoms with E-state index < -0.39 is 22.9 Å². The molecule has 0 amide bonds. The molecule has 0 atom stereocenters. The minimum Gasteiger partial charge on any atom is -0.457 e. The Labute approximate surface area is 518 Å². The summed E-state index contributed by atoms with van der Waals surface area (Å²) in [6.07, 6.45) is 1.90. The molecule has 12 rings (SSSR count). The van der Waals surface area contributed by atoms with Crippen LogP contribution in [0.4, 0.5) is 35.9 Å². The highest BCUT2D eigenvalue weighted by Crippen LogP contribution is 2.54. The van der Waals surface area contributed by atoms with Gasteiger partial charge in [0, 0.05) is 58.0 Å². The highest BCUT2D eigenvalue weighted by Gasteiger charge is 2.35. The number of ether oxygens (including phenoxy) is 1. The first-order valence-corrected chi connectivity index (χ1v) is 31.1. The molecule has 2 aromatic heterocycles. The Balaban J connectivity index is 1.10. The van der Waals surface area contributed by atoms with Crippen molar-refractivity contribution in [3.63, 3.8) is 0 Å². The Hall–Kier alpha value is -8.88. The van der Waals surface area contributed by atoms with Crippen LogP contribution in [0.3, 0.4) is 0 Å². The summed E-state index contributed by atoms with van der Waals surface area (Å²) in [5, 5.41) is 2.20. The van der Waals surface area contributed by atoms with Gasteiger partial charge in [0.05, 0.1) is 33.7 Å². The molecule has 0 N–H and O–H groups in total. The lowest BCUT2D eigenvalue weighted by Crippen LogP contribution is -2.25. The number of anilines is 4. The van der Waals surface area contributed by atoms with Gasteiger partial charge in [-0.15, -0.1) is 0 Å². The maximum Gasteiger partial charge on any atom is 0.137 e. The van der Waals surface area contributed by atoms with E-state index >= 15 is 13.2 Å². The first-order chi connectivity index (χ1) is 41.9. The van der Waals surface area contributed by atoms with Crippen molar-refractivity contribution in [1.82, 2.24) is 9.55 Å². The zero-order chi connectivity index (χ0) is 62.2. The van der Waals surface area contributed by atoms with Gasteiger partial charge in [0.15, 0.2) is 0 Å². The highest BCUT2D eigenvalue weighted by atomic mass is 19.1. The number of aromatic nitrogens is 2. The van der Waals surface area contributed by atoms with E-state index in [1.165, 1.54) is 16.7 Å². The zero-order valence-corrected chi connectivity index (χ0v) is 53.2. The van der Waals surface area contributed by atoms with E-state index in [0.717, 1.165) is 107 Å². The summed E-state index contributed by atoms with van der Waals surface area (Å²) in [4.78, 5) is 9.46. The molecule has 1 aliphatic heterocycles. The molecule has 0 unspecified atom stereocenters. The van der Waals surface area contributed by atoms with Crippen molar-refractivity contribution in [2.24, 2.45) is 0 Å². The van der Waals surface area contributed by atoms with Gasteiger partial charge in [0.1, 0.15) is 41.4 Å². The molecule has 3 heterocycles. The number of fused-ring (bicyclic) bond motifs is 4. The van der Waals surface area contributed by atoms with Gasteiger partial charge in [-0.25, -0.2) is 18.2 Å². The number of pyridine rings is 1. The Morgan fingerprint density at radius 2 is 1.03 bits per heavy atom. The predicted molar refractivity (Wildman–Crippen MR) is 362 cm³/mol. The molecular formula is C80H79F3N4O. The summed E-state index contributed by atoms with van der Waals surface area (Å²) < 4.78 is 58.5. The van der Waals surface area contributed by atoms with Crippen molar-refractivity contribution in [2.45, 2.75) is 131 Å². The second-order valence-corrected chi connectivity index (χ2v) is 27.3. The van der Waals surface area contributed by atoms with E-state index in [1.54, 1.807) is 0 Å². The minimum atomic E-state index is -0.976. The third-order valence-electron chi connectivity index (χ3n) is 17.7. The number of nitrogens with zero attached hydrogens (tertiary/aromatic N) is 4. The van der Waals surface area contributed by atoms with Gasteiger partial charge in [-0.3, -0.25) is 4.57 Å². The Morgan fingerprint density at radius 1 is 0.443 bits per heavy atom. The maximum absolute atomic E-state index is 16.9. The lowest BCUT2D eigenvalue weighted by atomic mass is 9.81. The van der Waals surface area contributed by atoms with Gasteiger partial charge >= 0.3 is 0 Å². The third-order valence-corrected chi connectivity index (χ3v) is 17.7. The Bertz CT molecular complexity index is 4400. The first-order valence-electron chi connectivity index (χ1n) is 31.1. The summed E-state index contributed by atoms with van der Waals surface area (Å²) in [6, 6.07) is 61.7. The van der Waals surface area contributed by atoms with E-state index in [1.807, 2.05) is 24.4 Å². The van der Waals surface area contributed by atoms with Gasteiger partial charge in [-0.2, -0.15) is 0 Å². The number of benzene rings is 9.